The molecule has 0 aliphatic carbocycles. The van der Waals surface area contributed by atoms with E-state index in [4.69, 9.17) is 4.52 Å². The fourth-order valence-corrected chi connectivity index (χ4v) is 2.63. The summed E-state index contributed by atoms with van der Waals surface area (Å²) >= 11 is 0. The zero-order chi connectivity index (χ0) is 14.2. The summed E-state index contributed by atoms with van der Waals surface area (Å²) in [6.45, 7) is 4.93. The van der Waals surface area contributed by atoms with E-state index in [0.29, 0.717) is 17.3 Å². The van der Waals surface area contributed by atoms with Gasteiger partial charge in [0.15, 0.2) is 0 Å². The third-order valence-corrected chi connectivity index (χ3v) is 3.96. The highest BCUT2D eigenvalue weighted by atomic mass is 19.1. The van der Waals surface area contributed by atoms with Gasteiger partial charge in [0.1, 0.15) is 5.82 Å². The Labute approximate surface area is 117 Å². The van der Waals surface area contributed by atoms with Gasteiger partial charge in [0.05, 0.1) is 5.54 Å². The van der Waals surface area contributed by atoms with E-state index < -0.39 is 0 Å². The van der Waals surface area contributed by atoms with Crippen LogP contribution >= 0.6 is 0 Å². The molecule has 1 aliphatic heterocycles. The highest BCUT2D eigenvalue weighted by Gasteiger charge is 2.34. The van der Waals surface area contributed by atoms with E-state index in [1.807, 2.05) is 6.92 Å². The summed E-state index contributed by atoms with van der Waals surface area (Å²) in [7, 11) is 0. The maximum absolute atomic E-state index is 13.4. The lowest BCUT2D eigenvalue weighted by atomic mass is 9.91. The monoisotopic (exact) mass is 275 g/mol. The van der Waals surface area contributed by atoms with Crippen molar-refractivity contribution in [3.63, 3.8) is 0 Å². The molecular weight excluding hydrogens is 257 g/mol. The average Bonchev–Trinajstić information content (AvgIpc) is 2.93. The zero-order valence-corrected chi connectivity index (χ0v) is 11.7. The summed E-state index contributed by atoms with van der Waals surface area (Å²) in [6, 6.07) is 4.60. The van der Waals surface area contributed by atoms with Crippen LogP contribution in [0.1, 0.15) is 37.6 Å². The van der Waals surface area contributed by atoms with Crippen LogP contribution in [0.2, 0.25) is 0 Å². The second kappa shape index (κ2) is 4.98. The Kier molecular flexibility index (Phi) is 3.30. The van der Waals surface area contributed by atoms with E-state index >= 15 is 0 Å². The first kappa shape index (κ1) is 13.2. The summed E-state index contributed by atoms with van der Waals surface area (Å²) in [4.78, 5) is 4.47. The van der Waals surface area contributed by atoms with Crippen LogP contribution in [0.25, 0.3) is 11.4 Å². The van der Waals surface area contributed by atoms with Gasteiger partial charge in [0, 0.05) is 5.56 Å². The van der Waals surface area contributed by atoms with Crippen molar-refractivity contribution in [1.29, 1.82) is 0 Å². The molecule has 2 aromatic rings. The molecule has 1 aromatic heterocycles. The number of benzene rings is 1. The highest BCUT2D eigenvalue weighted by molar-refractivity contribution is 5.59. The third-order valence-electron chi connectivity index (χ3n) is 3.96. The minimum atomic E-state index is -0.293. The number of rotatable bonds is 2. The molecule has 2 heterocycles. The molecular formula is C15H18FN3O. The van der Waals surface area contributed by atoms with Crippen LogP contribution in [0.15, 0.2) is 22.7 Å². The van der Waals surface area contributed by atoms with Crippen molar-refractivity contribution in [1.82, 2.24) is 15.5 Å². The molecule has 1 saturated heterocycles. The molecule has 1 atom stereocenters. The lowest BCUT2D eigenvalue weighted by molar-refractivity contribution is 0.207. The second-order valence-electron chi connectivity index (χ2n) is 5.60. The van der Waals surface area contributed by atoms with Crippen LogP contribution in [0.4, 0.5) is 4.39 Å². The van der Waals surface area contributed by atoms with Crippen molar-refractivity contribution >= 4 is 0 Å². The molecule has 1 aromatic carbocycles. The molecule has 1 N–H and O–H groups in total. The Balaban J connectivity index is 1.95. The normalized spacial score (nSPS) is 22.9. The van der Waals surface area contributed by atoms with Gasteiger partial charge in [-0.1, -0.05) is 11.2 Å². The standard InChI is InChI=1S/C15H18FN3O/c1-10-5-6-11(16)9-12(10)13-18-14(20-19-13)15(2)7-3-4-8-17-15/h5-6,9,17H,3-4,7-8H2,1-2H3. The smallest absolute Gasteiger partial charge is 0.246 e. The first-order valence-corrected chi connectivity index (χ1v) is 6.94. The Bertz CT molecular complexity index is 617. The minimum Gasteiger partial charge on any atom is -0.337 e. The number of nitrogens with one attached hydrogen (secondary N) is 1. The molecule has 0 saturated carbocycles. The number of aromatic nitrogens is 2. The van der Waals surface area contributed by atoms with E-state index in [1.54, 1.807) is 6.07 Å². The number of piperidine rings is 1. The molecule has 106 valence electrons. The number of aryl methyl sites for hydroxylation is 1. The predicted molar refractivity (Wildman–Crippen MR) is 73.6 cm³/mol. The topological polar surface area (TPSA) is 51.0 Å². The quantitative estimate of drug-likeness (QED) is 0.914. The van der Waals surface area contributed by atoms with E-state index in [2.05, 4.69) is 22.4 Å². The van der Waals surface area contributed by atoms with E-state index in [-0.39, 0.29) is 11.4 Å². The summed E-state index contributed by atoms with van der Waals surface area (Å²) < 4.78 is 18.8. The van der Waals surface area contributed by atoms with Crippen LogP contribution in [-0.4, -0.2) is 16.7 Å². The highest BCUT2D eigenvalue weighted by Crippen LogP contribution is 2.30. The number of halogens is 1. The van der Waals surface area contributed by atoms with Gasteiger partial charge in [0.2, 0.25) is 11.7 Å². The van der Waals surface area contributed by atoms with E-state index in [0.717, 1.165) is 24.9 Å². The molecule has 20 heavy (non-hydrogen) atoms. The first-order chi connectivity index (χ1) is 9.58. The average molecular weight is 275 g/mol. The van der Waals surface area contributed by atoms with E-state index in [9.17, 15) is 4.39 Å². The fraction of sp³-hybridized carbons (Fsp3) is 0.467. The molecule has 0 amide bonds. The maximum atomic E-state index is 13.4. The van der Waals surface area contributed by atoms with Crippen LogP contribution in [0, 0.1) is 12.7 Å². The van der Waals surface area contributed by atoms with Gasteiger partial charge in [-0.25, -0.2) is 4.39 Å². The molecule has 0 spiro atoms. The summed E-state index contributed by atoms with van der Waals surface area (Å²) in [5.41, 5.74) is 1.34. The van der Waals surface area contributed by atoms with Crippen molar-refractivity contribution in [2.75, 3.05) is 6.54 Å². The molecule has 4 nitrogen and oxygen atoms in total. The molecule has 3 rings (SSSR count). The molecule has 1 fully saturated rings. The first-order valence-electron chi connectivity index (χ1n) is 6.94. The molecule has 1 aliphatic rings. The second-order valence-corrected chi connectivity index (χ2v) is 5.60. The minimum absolute atomic E-state index is 0.273. The third kappa shape index (κ3) is 2.33. The predicted octanol–water partition coefficient (Wildman–Crippen LogP) is 3.17. The van der Waals surface area contributed by atoms with Crippen molar-refractivity contribution in [2.45, 2.75) is 38.6 Å². The number of hydrogen-bond donors (Lipinski definition) is 1. The van der Waals surface area contributed by atoms with Crippen LogP contribution in [0.5, 0.6) is 0 Å². The van der Waals surface area contributed by atoms with Gasteiger partial charge in [-0.15, -0.1) is 0 Å². The van der Waals surface area contributed by atoms with Crippen LogP contribution in [0.3, 0.4) is 0 Å². The summed E-state index contributed by atoms with van der Waals surface area (Å²) in [5.74, 6) is 0.736. The van der Waals surface area contributed by atoms with Crippen molar-refractivity contribution < 1.29 is 8.91 Å². The Morgan fingerprint density at radius 3 is 2.95 bits per heavy atom. The molecule has 1 unspecified atom stereocenters. The van der Waals surface area contributed by atoms with Crippen LogP contribution in [-0.2, 0) is 5.54 Å². The van der Waals surface area contributed by atoms with Crippen molar-refractivity contribution in [3.8, 4) is 11.4 Å². The van der Waals surface area contributed by atoms with Crippen LogP contribution < -0.4 is 5.32 Å². The maximum Gasteiger partial charge on any atom is 0.246 e. The van der Waals surface area contributed by atoms with Crippen molar-refractivity contribution in [2.24, 2.45) is 0 Å². The Morgan fingerprint density at radius 1 is 1.35 bits per heavy atom. The van der Waals surface area contributed by atoms with Gasteiger partial charge in [-0.05, 0) is 57.4 Å². The Morgan fingerprint density at radius 2 is 2.20 bits per heavy atom. The Hall–Kier alpha value is -1.75. The number of hydrogen-bond acceptors (Lipinski definition) is 4. The summed E-state index contributed by atoms with van der Waals surface area (Å²) in [6.07, 6.45) is 3.27. The SMILES string of the molecule is Cc1ccc(F)cc1-c1noc(C2(C)CCCCN2)n1. The zero-order valence-electron chi connectivity index (χ0n) is 11.7. The lowest BCUT2D eigenvalue weighted by Gasteiger charge is -2.31. The van der Waals surface area contributed by atoms with Crippen molar-refractivity contribution in [3.05, 3.63) is 35.5 Å². The molecule has 0 bridgehead atoms. The molecule has 5 heteroatoms. The fourth-order valence-electron chi connectivity index (χ4n) is 2.63. The number of nitrogens with zero attached hydrogens (tertiary/aromatic N) is 2. The van der Waals surface area contributed by atoms with Gasteiger partial charge in [-0.2, -0.15) is 4.98 Å². The largest absolute Gasteiger partial charge is 0.337 e. The van der Waals surface area contributed by atoms with Gasteiger partial charge in [0.25, 0.3) is 0 Å². The van der Waals surface area contributed by atoms with Gasteiger partial charge >= 0.3 is 0 Å². The van der Waals surface area contributed by atoms with Gasteiger partial charge in [-0.3, -0.25) is 0 Å². The molecule has 0 radical (unpaired) electrons. The summed E-state index contributed by atoms with van der Waals surface area (Å²) in [5, 5.41) is 7.45. The van der Waals surface area contributed by atoms with Gasteiger partial charge < -0.3 is 9.84 Å². The van der Waals surface area contributed by atoms with E-state index in [1.165, 1.54) is 18.6 Å². The lowest BCUT2D eigenvalue weighted by Crippen LogP contribution is -2.43.